The summed E-state index contributed by atoms with van der Waals surface area (Å²) in [4.78, 5) is 4.15. The summed E-state index contributed by atoms with van der Waals surface area (Å²) in [6, 6.07) is 3.37. The zero-order valence-electron chi connectivity index (χ0n) is 9.81. The molecule has 6 heteroatoms. The maximum absolute atomic E-state index is 13.1. The predicted molar refractivity (Wildman–Crippen MR) is 67.2 cm³/mol. The second kappa shape index (κ2) is 5.49. The lowest BCUT2D eigenvalue weighted by atomic mass is 10.1. The Kier molecular flexibility index (Phi) is 3.98. The van der Waals surface area contributed by atoms with Crippen LogP contribution in [0.15, 0.2) is 35.7 Å². The normalized spacial score (nSPS) is 12.7. The molecule has 1 aromatic heterocycles. The third kappa shape index (κ3) is 2.88. The Morgan fingerprint density at radius 1 is 1.39 bits per heavy atom. The summed E-state index contributed by atoms with van der Waals surface area (Å²) in [5, 5.41) is 0.841. The van der Waals surface area contributed by atoms with Gasteiger partial charge in [-0.25, -0.2) is 13.8 Å². The van der Waals surface area contributed by atoms with Gasteiger partial charge in [0.1, 0.15) is 0 Å². The van der Waals surface area contributed by atoms with Crippen LogP contribution in [0.3, 0.4) is 0 Å². The number of hydrogen-bond acceptors (Lipinski definition) is 3. The minimum Gasteiger partial charge on any atom is -0.329 e. The van der Waals surface area contributed by atoms with Gasteiger partial charge in [0.05, 0.1) is 0 Å². The molecular formula is C12H13F2N3S. The summed E-state index contributed by atoms with van der Waals surface area (Å²) < 4.78 is 27.7. The fraction of sp³-hybridized carbons (Fsp3) is 0.250. The standard InChI is InChI=1S/C12H13F2N3S/c1-17-5-4-16-12(17)18-7-11(15)8-2-3-9(13)10(14)6-8/h2-6,11H,7,15H2,1H3. The van der Waals surface area contributed by atoms with E-state index in [0.717, 1.165) is 17.3 Å². The van der Waals surface area contributed by atoms with E-state index in [0.29, 0.717) is 11.3 Å². The van der Waals surface area contributed by atoms with Gasteiger partial charge >= 0.3 is 0 Å². The number of aryl methyl sites for hydroxylation is 1. The number of hydrogen-bond donors (Lipinski definition) is 1. The van der Waals surface area contributed by atoms with Crippen LogP contribution >= 0.6 is 11.8 Å². The number of nitrogens with two attached hydrogens (primary N) is 1. The van der Waals surface area contributed by atoms with Crippen molar-refractivity contribution in [2.24, 2.45) is 12.8 Å². The molecule has 0 bridgehead atoms. The number of imidazole rings is 1. The summed E-state index contributed by atoms with van der Waals surface area (Å²) >= 11 is 1.48. The second-order valence-corrected chi connectivity index (χ2v) is 4.90. The SMILES string of the molecule is Cn1ccnc1SCC(N)c1ccc(F)c(F)c1. The molecule has 0 aliphatic rings. The highest BCUT2D eigenvalue weighted by atomic mass is 32.2. The van der Waals surface area contributed by atoms with Crippen LogP contribution in [0.25, 0.3) is 0 Å². The van der Waals surface area contributed by atoms with Crippen LogP contribution in [0, 0.1) is 11.6 Å². The molecule has 1 heterocycles. The molecule has 18 heavy (non-hydrogen) atoms. The van der Waals surface area contributed by atoms with E-state index in [1.54, 1.807) is 6.20 Å². The highest BCUT2D eigenvalue weighted by molar-refractivity contribution is 7.99. The van der Waals surface area contributed by atoms with Gasteiger partial charge in [0, 0.05) is 31.2 Å². The topological polar surface area (TPSA) is 43.8 Å². The van der Waals surface area contributed by atoms with E-state index in [1.165, 1.54) is 17.8 Å². The molecule has 1 aromatic carbocycles. The average Bonchev–Trinajstić information content (AvgIpc) is 2.75. The first kappa shape index (κ1) is 13.0. The zero-order valence-corrected chi connectivity index (χ0v) is 10.6. The molecule has 3 nitrogen and oxygen atoms in total. The van der Waals surface area contributed by atoms with Crippen LogP contribution in [0.4, 0.5) is 8.78 Å². The number of halogens is 2. The number of thioether (sulfide) groups is 1. The molecule has 0 aliphatic heterocycles. The van der Waals surface area contributed by atoms with E-state index in [1.807, 2.05) is 17.8 Å². The van der Waals surface area contributed by atoms with Gasteiger partial charge in [-0.05, 0) is 17.7 Å². The lowest BCUT2D eigenvalue weighted by molar-refractivity contribution is 0.506. The Bertz CT molecular complexity index is 542. The first-order valence-corrected chi connectivity index (χ1v) is 6.37. The molecule has 0 saturated heterocycles. The molecule has 2 aromatic rings. The van der Waals surface area contributed by atoms with E-state index < -0.39 is 11.6 Å². The predicted octanol–water partition coefficient (Wildman–Crippen LogP) is 2.49. The molecule has 1 unspecified atom stereocenters. The van der Waals surface area contributed by atoms with Crippen molar-refractivity contribution in [1.29, 1.82) is 0 Å². The van der Waals surface area contributed by atoms with Gasteiger partial charge in [-0.15, -0.1) is 0 Å². The molecule has 0 amide bonds. The number of rotatable bonds is 4. The molecule has 2 N–H and O–H groups in total. The molecule has 0 spiro atoms. The maximum Gasteiger partial charge on any atom is 0.167 e. The van der Waals surface area contributed by atoms with Crippen molar-refractivity contribution < 1.29 is 8.78 Å². The number of benzene rings is 1. The third-order valence-corrected chi connectivity index (χ3v) is 3.72. The fourth-order valence-corrected chi connectivity index (χ4v) is 2.42. The van der Waals surface area contributed by atoms with Crippen molar-refractivity contribution in [1.82, 2.24) is 9.55 Å². The van der Waals surface area contributed by atoms with E-state index in [9.17, 15) is 8.78 Å². The third-order valence-electron chi connectivity index (χ3n) is 2.54. The highest BCUT2D eigenvalue weighted by Gasteiger charge is 2.11. The van der Waals surface area contributed by atoms with Crippen molar-refractivity contribution in [2.75, 3.05) is 5.75 Å². The largest absolute Gasteiger partial charge is 0.329 e. The second-order valence-electron chi connectivity index (χ2n) is 3.91. The Morgan fingerprint density at radius 3 is 2.78 bits per heavy atom. The lowest BCUT2D eigenvalue weighted by Gasteiger charge is -2.11. The molecule has 1 atom stereocenters. The quantitative estimate of drug-likeness (QED) is 0.867. The van der Waals surface area contributed by atoms with Gasteiger partial charge in [0.15, 0.2) is 16.8 Å². The summed E-state index contributed by atoms with van der Waals surface area (Å²) in [5.41, 5.74) is 6.51. The number of aromatic nitrogens is 2. The van der Waals surface area contributed by atoms with Gasteiger partial charge in [0.2, 0.25) is 0 Å². The van der Waals surface area contributed by atoms with Crippen molar-refractivity contribution in [3.63, 3.8) is 0 Å². The Morgan fingerprint density at radius 2 is 2.17 bits per heavy atom. The van der Waals surface area contributed by atoms with Gasteiger partial charge < -0.3 is 10.3 Å². The van der Waals surface area contributed by atoms with Crippen LogP contribution in [-0.2, 0) is 7.05 Å². The van der Waals surface area contributed by atoms with Crippen LogP contribution in [-0.4, -0.2) is 15.3 Å². The Labute approximate surface area is 108 Å². The summed E-state index contributed by atoms with van der Waals surface area (Å²) in [7, 11) is 1.89. The van der Waals surface area contributed by atoms with Crippen LogP contribution in [0.2, 0.25) is 0 Å². The molecule has 96 valence electrons. The lowest BCUT2D eigenvalue weighted by Crippen LogP contribution is -2.13. The minimum absolute atomic E-state index is 0.359. The van der Waals surface area contributed by atoms with Crippen molar-refractivity contribution in [3.8, 4) is 0 Å². The van der Waals surface area contributed by atoms with Crippen LogP contribution in [0.5, 0.6) is 0 Å². The van der Waals surface area contributed by atoms with E-state index in [4.69, 9.17) is 5.73 Å². The summed E-state index contributed by atoms with van der Waals surface area (Å²) in [5.74, 6) is -1.18. The molecule has 0 fully saturated rings. The monoisotopic (exact) mass is 269 g/mol. The summed E-state index contributed by atoms with van der Waals surface area (Å²) in [6.45, 7) is 0. The zero-order chi connectivity index (χ0) is 13.1. The highest BCUT2D eigenvalue weighted by Crippen LogP contribution is 2.22. The van der Waals surface area contributed by atoms with Crippen LogP contribution in [0.1, 0.15) is 11.6 Å². The molecule has 0 radical (unpaired) electrons. The van der Waals surface area contributed by atoms with E-state index in [2.05, 4.69) is 4.98 Å². The van der Waals surface area contributed by atoms with Crippen LogP contribution < -0.4 is 5.73 Å². The van der Waals surface area contributed by atoms with Crippen molar-refractivity contribution >= 4 is 11.8 Å². The van der Waals surface area contributed by atoms with Gasteiger partial charge in [-0.2, -0.15) is 0 Å². The Balaban J connectivity index is 2.01. The molecule has 0 aliphatic carbocycles. The molecule has 0 saturated carbocycles. The van der Waals surface area contributed by atoms with Crippen molar-refractivity contribution in [2.45, 2.75) is 11.2 Å². The van der Waals surface area contributed by atoms with E-state index >= 15 is 0 Å². The van der Waals surface area contributed by atoms with Gasteiger partial charge in [-0.3, -0.25) is 0 Å². The molecular weight excluding hydrogens is 256 g/mol. The van der Waals surface area contributed by atoms with E-state index in [-0.39, 0.29) is 6.04 Å². The minimum atomic E-state index is -0.870. The molecule has 2 rings (SSSR count). The first-order valence-electron chi connectivity index (χ1n) is 5.38. The van der Waals surface area contributed by atoms with Gasteiger partial charge in [-0.1, -0.05) is 17.8 Å². The maximum atomic E-state index is 13.1. The number of nitrogens with zero attached hydrogens (tertiary/aromatic N) is 2. The fourth-order valence-electron chi connectivity index (χ4n) is 1.49. The van der Waals surface area contributed by atoms with Crippen molar-refractivity contribution in [3.05, 3.63) is 47.8 Å². The first-order chi connectivity index (χ1) is 8.58. The Hall–Kier alpha value is -1.40. The smallest absolute Gasteiger partial charge is 0.167 e. The average molecular weight is 269 g/mol. The van der Waals surface area contributed by atoms with Gasteiger partial charge in [0.25, 0.3) is 0 Å². The summed E-state index contributed by atoms with van der Waals surface area (Å²) in [6.07, 6.45) is 3.54.